The maximum Gasteiger partial charge on any atom is 0.0491 e. The molecule has 0 aliphatic heterocycles. The van der Waals surface area contributed by atoms with Gasteiger partial charge in [-0.05, 0) is 57.9 Å². The molecule has 1 aromatic heterocycles. The van der Waals surface area contributed by atoms with E-state index in [1.807, 2.05) is 6.07 Å². The number of fused-ring (bicyclic) bond motifs is 1. The molecule has 0 N–H and O–H groups in total. The molecule has 92 valence electrons. The quantitative estimate of drug-likeness (QED) is 0.676. The van der Waals surface area contributed by atoms with Crippen molar-refractivity contribution in [3.63, 3.8) is 0 Å². The summed E-state index contributed by atoms with van der Waals surface area (Å²) in [5, 5.41) is 2.10. The van der Waals surface area contributed by atoms with E-state index in [9.17, 15) is 0 Å². The van der Waals surface area contributed by atoms with Crippen molar-refractivity contribution in [1.82, 2.24) is 4.57 Å². The fraction of sp³-hybridized carbons (Fsp3) is 0.467. The highest BCUT2D eigenvalue weighted by Gasteiger charge is 2.21. The Hall–Kier alpha value is -0.950. The van der Waals surface area contributed by atoms with Crippen LogP contribution in [0.25, 0.3) is 10.9 Å². The minimum Gasteiger partial charge on any atom is -0.339 e. The zero-order chi connectivity index (χ0) is 12.8. The third kappa shape index (κ3) is 1.97. The maximum absolute atomic E-state index is 6.10. The number of aryl methyl sites for hydroxylation is 1. The summed E-state index contributed by atoms with van der Waals surface area (Å²) in [6.45, 7) is 11.2. The van der Waals surface area contributed by atoms with E-state index in [-0.39, 0.29) is 5.54 Å². The Balaban J connectivity index is 2.90. The standard InChI is InChI=1S/C15H20ClN/c1-6-13-10(2)12-9-11(16)7-8-14(12)17(13)15(3,4)5/h7-9H,6H2,1-5H3. The highest BCUT2D eigenvalue weighted by atomic mass is 35.5. The Morgan fingerprint density at radius 1 is 1.24 bits per heavy atom. The molecule has 0 amide bonds. The van der Waals surface area contributed by atoms with E-state index in [1.165, 1.54) is 22.2 Å². The molecule has 0 saturated heterocycles. The molecule has 1 heterocycles. The Bertz CT molecular complexity index is 558. The molecule has 1 nitrogen and oxygen atoms in total. The van der Waals surface area contributed by atoms with Crippen molar-refractivity contribution in [2.45, 2.75) is 46.6 Å². The van der Waals surface area contributed by atoms with E-state index in [4.69, 9.17) is 11.6 Å². The van der Waals surface area contributed by atoms with E-state index in [2.05, 4.69) is 51.3 Å². The predicted molar refractivity (Wildman–Crippen MR) is 76.1 cm³/mol. The van der Waals surface area contributed by atoms with Gasteiger partial charge in [0.1, 0.15) is 0 Å². The van der Waals surface area contributed by atoms with E-state index in [0.717, 1.165) is 11.4 Å². The maximum atomic E-state index is 6.10. The molecule has 0 atom stereocenters. The average Bonchev–Trinajstić information content (AvgIpc) is 2.51. The number of halogens is 1. The fourth-order valence-electron chi connectivity index (χ4n) is 2.66. The molecule has 0 bridgehead atoms. The SMILES string of the molecule is CCc1c(C)c2cc(Cl)ccc2n1C(C)(C)C. The van der Waals surface area contributed by atoms with Crippen molar-refractivity contribution in [3.05, 3.63) is 34.5 Å². The van der Waals surface area contributed by atoms with E-state index >= 15 is 0 Å². The summed E-state index contributed by atoms with van der Waals surface area (Å²) in [4.78, 5) is 0. The minimum atomic E-state index is 0.103. The van der Waals surface area contributed by atoms with Crippen LogP contribution in [0, 0.1) is 6.92 Å². The summed E-state index contributed by atoms with van der Waals surface area (Å²) in [5.41, 5.74) is 4.16. The van der Waals surface area contributed by atoms with Crippen molar-refractivity contribution >= 4 is 22.5 Å². The van der Waals surface area contributed by atoms with E-state index in [1.54, 1.807) is 0 Å². The van der Waals surface area contributed by atoms with Crippen LogP contribution < -0.4 is 0 Å². The monoisotopic (exact) mass is 249 g/mol. The largest absolute Gasteiger partial charge is 0.339 e. The van der Waals surface area contributed by atoms with Crippen LogP contribution in [0.1, 0.15) is 39.0 Å². The van der Waals surface area contributed by atoms with Gasteiger partial charge in [0, 0.05) is 27.2 Å². The lowest BCUT2D eigenvalue weighted by Crippen LogP contribution is -2.23. The van der Waals surface area contributed by atoms with Gasteiger partial charge in [-0.25, -0.2) is 0 Å². The van der Waals surface area contributed by atoms with Gasteiger partial charge < -0.3 is 4.57 Å². The van der Waals surface area contributed by atoms with E-state index < -0.39 is 0 Å². The van der Waals surface area contributed by atoms with Crippen molar-refractivity contribution < 1.29 is 0 Å². The van der Waals surface area contributed by atoms with Gasteiger partial charge in [-0.2, -0.15) is 0 Å². The molecule has 0 aliphatic rings. The second kappa shape index (κ2) is 4.06. The Kier molecular flexibility index (Phi) is 2.99. The second-order valence-electron chi connectivity index (χ2n) is 5.59. The van der Waals surface area contributed by atoms with Crippen LogP contribution in [0.5, 0.6) is 0 Å². The molecule has 17 heavy (non-hydrogen) atoms. The van der Waals surface area contributed by atoms with Gasteiger partial charge in [0.2, 0.25) is 0 Å². The van der Waals surface area contributed by atoms with Crippen molar-refractivity contribution in [3.8, 4) is 0 Å². The molecular formula is C15H20ClN. The van der Waals surface area contributed by atoms with Crippen LogP contribution in [-0.4, -0.2) is 4.57 Å². The lowest BCUT2D eigenvalue weighted by molar-refractivity contribution is 0.398. The van der Waals surface area contributed by atoms with E-state index in [0.29, 0.717) is 0 Å². The first-order chi connectivity index (χ1) is 7.86. The fourth-order valence-corrected chi connectivity index (χ4v) is 2.83. The lowest BCUT2D eigenvalue weighted by Gasteiger charge is -2.26. The Labute approximate surface area is 108 Å². The second-order valence-corrected chi connectivity index (χ2v) is 6.03. The summed E-state index contributed by atoms with van der Waals surface area (Å²) in [5.74, 6) is 0. The first-order valence-electron chi connectivity index (χ1n) is 6.16. The molecule has 2 aromatic rings. The summed E-state index contributed by atoms with van der Waals surface area (Å²) in [7, 11) is 0. The minimum absolute atomic E-state index is 0.103. The topological polar surface area (TPSA) is 4.93 Å². The third-order valence-corrected chi connectivity index (χ3v) is 3.55. The molecule has 2 rings (SSSR count). The molecule has 0 aliphatic carbocycles. The van der Waals surface area contributed by atoms with Crippen LogP contribution in [0.4, 0.5) is 0 Å². The van der Waals surface area contributed by atoms with Gasteiger partial charge in [-0.3, -0.25) is 0 Å². The van der Waals surface area contributed by atoms with Gasteiger partial charge in [-0.15, -0.1) is 0 Å². The molecule has 0 radical (unpaired) electrons. The van der Waals surface area contributed by atoms with Crippen LogP contribution in [0.3, 0.4) is 0 Å². The summed E-state index contributed by atoms with van der Waals surface area (Å²) < 4.78 is 2.44. The van der Waals surface area contributed by atoms with Gasteiger partial charge >= 0.3 is 0 Å². The normalized spacial score (nSPS) is 12.4. The van der Waals surface area contributed by atoms with Crippen LogP contribution >= 0.6 is 11.6 Å². The van der Waals surface area contributed by atoms with Crippen LogP contribution in [0.15, 0.2) is 18.2 Å². The van der Waals surface area contributed by atoms with Crippen molar-refractivity contribution in [2.24, 2.45) is 0 Å². The lowest BCUT2D eigenvalue weighted by atomic mass is 10.1. The average molecular weight is 250 g/mol. The van der Waals surface area contributed by atoms with Crippen molar-refractivity contribution in [2.75, 3.05) is 0 Å². The molecule has 0 unspecified atom stereocenters. The number of nitrogens with zero attached hydrogens (tertiary/aromatic N) is 1. The molecule has 2 heteroatoms. The molecule has 0 fully saturated rings. The first kappa shape index (κ1) is 12.5. The zero-order valence-electron chi connectivity index (χ0n) is 11.3. The highest BCUT2D eigenvalue weighted by Crippen LogP contribution is 2.33. The smallest absolute Gasteiger partial charge is 0.0491 e. The molecule has 0 saturated carbocycles. The zero-order valence-corrected chi connectivity index (χ0v) is 12.0. The van der Waals surface area contributed by atoms with Gasteiger partial charge in [0.25, 0.3) is 0 Å². The number of hydrogen-bond acceptors (Lipinski definition) is 0. The highest BCUT2D eigenvalue weighted by molar-refractivity contribution is 6.31. The Morgan fingerprint density at radius 3 is 2.41 bits per heavy atom. The van der Waals surface area contributed by atoms with Gasteiger partial charge in [0.15, 0.2) is 0 Å². The summed E-state index contributed by atoms with van der Waals surface area (Å²) in [6.07, 6.45) is 1.05. The Morgan fingerprint density at radius 2 is 1.88 bits per heavy atom. The first-order valence-corrected chi connectivity index (χ1v) is 6.54. The number of hydrogen-bond donors (Lipinski definition) is 0. The summed E-state index contributed by atoms with van der Waals surface area (Å²) >= 11 is 6.10. The number of aromatic nitrogens is 1. The number of benzene rings is 1. The summed E-state index contributed by atoms with van der Waals surface area (Å²) in [6, 6.07) is 6.19. The molecule has 0 spiro atoms. The van der Waals surface area contributed by atoms with Crippen molar-refractivity contribution in [1.29, 1.82) is 0 Å². The molecule has 1 aromatic carbocycles. The van der Waals surface area contributed by atoms with Crippen LogP contribution in [-0.2, 0) is 12.0 Å². The van der Waals surface area contributed by atoms with Gasteiger partial charge in [0.05, 0.1) is 0 Å². The predicted octanol–water partition coefficient (Wildman–Crippen LogP) is 4.92. The van der Waals surface area contributed by atoms with Gasteiger partial charge in [-0.1, -0.05) is 18.5 Å². The molecular weight excluding hydrogens is 230 g/mol. The number of rotatable bonds is 1. The third-order valence-electron chi connectivity index (χ3n) is 3.31. The van der Waals surface area contributed by atoms with Crippen LogP contribution in [0.2, 0.25) is 5.02 Å².